The van der Waals surface area contributed by atoms with Crippen molar-refractivity contribution in [3.63, 3.8) is 0 Å². The minimum Gasteiger partial charge on any atom is -0.340 e. The van der Waals surface area contributed by atoms with Crippen LogP contribution in [0.25, 0.3) is 5.82 Å². The van der Waals surface area contributed by atoms with E-state index < -0.39 is 0 Å². The summed E-state index contributed by atoms with van der Waals surface area (Å²) in [5.74, 6) is 1.88. The molecule has 3 heterocycles. The predicted molar refractivity (Wildman–Crippen MR) is 114 cm³/mol. The number of benzene rings is 1. The highest BCUT2D eigenvalue weighted by molar-refractivity contribution is 6.05. The van der Waals surface area contributed by atoms with Gasteiger partial charge in [0.15, 0.2) is 0 Å². The lowest BCUT2D eigenvalue weighted by Gasteiger charge is -2.10. The maximum Gasteiger partial charge on any atom is 0.259 e. The van der Waals surface area contributed by atoms with Crippen LogP contribution in [-0.2, 0) is 7.05 Å². The van der Waals surface area contributed by atoms with Crippen LogP contribution < -0.4 is 10.6 Å². The van der Waals surface area contributed by atoms with Crippen LogP contribution in [0, 0.1) is 20.8 Å². The van der Waals surface area contributed by atoms with Gasteiger partial charge in [-0.05, 0) is 45.0 Å². The van der Waals surface area contributed by atoms with E-state index in [-0.39, 0.29) is 5.91 Å². The number of nitrogens with zero attached hydrogens (tertiary/aromatic N) is 6. The molecule has 0 atom stereocenters. The molecule has 1 amide bonds. The third-order valence-electron chi connectivity index (χ3n) is 4.74. The molecule has 0 spiro atoms. The van der Waals surface area contributed by atoms with Crippen LogP contribution in [0.4, 0.5) is 17.2 Å². The summed E-state index contributed by atoms with van der Waals surface area (Å²) in [7, 11) is 1.83. The molecule has 152 valence electrons. The van der Waals surface area contributed by atoms with E-state index in [4.69, 9.17) is 0 Å². The van der Waals surface area contributed by atoms with Gasteiger partial charge in [0.05, 0.1) is 11.3 Å². The van der Waals surface area contributed by atoms with Crippen LogP contribution in [0.3, 0.4) is 0 Å². The Morgan fingerprint density at radius 1 is 1.03 bits per heavy atom. The first kappa shape index (κ1) is 19.3. The summed E-state index contributed by atoms with van der Waals surface area (Å²) in [6.07, 6.45) is 5.22. The van der Waals surface area contributed by atoms with Gasteiger partial charge in [0.25, 0.3) is 5.91 Å². The van der Waals surface area contributed by atoms with E-state index in [0.29, 0.717) is 28.6 Å². The smallest absolute Gasteiger partial charge is 0.259 e. The minimum absolute atomic E-state index is 0.171. The number of carbonyl (C=O) groups is 1. The third kappa shape index (κ3) is 3.90. The number of anilines is 3. The number of hydrogen-bond donors (Lipinski definition) is 2. The fourth-order valence-electron chi connectivity index (χ4n) is 3.22. The molecule has 0 saturated heterocycles. The van der Waals surface area contributed by atoms with Crippen LogP contribution in [0.2, 0.25) is 0 Å². The molecule has 2 N–H and O–H groups in total. The predicted octanol–water partition coefficient (Wildman–Crippen LogP) is 3.32. The summed E-state index contributed by atoms with van der Waals surface area (Å²) in [4.78, 5) is 25.5. The molecule has 0 bridgehead atoms. The van der Waals surface area contributed by atoms with Gasteiger partial charge in [0, 0.05) is 42.6 Å². The third-order valence-corrected chi connectivity index (χ3v) is 4.74. The summed E-state index contributed by atoms with van der Waals surface area (Å²) >= 11 is 0. The lowest BCUT2D eigenvalue weighted by Crippen LogP contribution is -2.14. The van der Waals surface area contributed by atoms with Crippen LogP contribution >= 0.6 is 0 Å². The number of amides is 1. The molecule has 30 heavy (non-hydrogen) atoms. The quantitative estimate of drug-likeness (QED) is 0.531. The minimum atomic E-state index is -0.171. The SMILES string of the molecule is Cc1nc(Nc2ccc(NC(=O)c3c(C)nn(C)c3C)cc2)cc(-n2ccnc2)n1. The van der Waals surface area contributed by atoms with Crippen LogP contribution in [-0.4, -0.2) is 35.2 Å². The van der Waals surface area contributed by atoms with Gasteiger partial charge in [-0.15, -0.1) is 0 Å². The second-order valence-electron chi connectivity index (χ2n) is 6.95. The zero-order valence-corrected chi connectivity index (χ0v) is 17.2. The summed E-state index contributed by atoms with van der Waals surface area (Å²) in [6.45, 7) is 5.55. The van der Waals surface area contributed by atoms with Crippen molar-refractivity contribution in [1.29, 1.82) is 0 Å². The zero-order chi connectivity index (χ0) is 21.3. The molecule has 9 heteroatoms. The molecule has 0 aliphatic heterocycles. The van der Waals surface area contributed by atoms with Crippen LogP contribution in [0.15, 0.2) is 49.1 Å². The highest BCUT2D eigenvalue weighted by Crippen LogP contribution is 2.21. The van der Waals surface area contributed by atoms with Gasteiger partial charge in [0.2, 0.25) is 0 Å². The van der Waals surface area contributed by atoms with E-state index in [1.165, 1.54) is 0 Å². The van der Waals surface area contributed by atoms with Crippen molar-refractivity contribution in [2.24, 2.45) is 7.05 Å². The van der Waals surface area contributed by atoms with E-state index in [1.54, 1.807) is 17.2 Å². The van der Waals surface area contributed by atoms with E-state index >= 15 is 0 Å². The molecular weight excluding hydrogens is 380 g/mol. The Balaban J connectivity index is 1.49. The van der Waals surface area contributed by atoms with Gasteiger partial charge in [-0.3, -0.25) is 14.0 Å². The Kier molecular flexibility index (Phi) is 5.01. The standard InChI is InChI=1S/C21H22N8O/c1-13-20(14(2)28(4)27-13)21(30)26-17-7-5-16(6-8-17)25-18-11-19(24-15(3)23-18)29-10-9-22-12-29/h5-12H,1-4H3,(H,26,30)(H,23,24,25). The number of nitrogens with one attached hydrogen (secondary N) is 2. The van der Waals surface area contributed by atoms with Gasteiger partial charge < -0.3 is 10.6 Å². The van der Waals surface area contributed by atoms with Crippen LogP contribution in [0.1, 0.15) is 27.6 Å². The van der Waals surface area contributed by atoms with Crippen molar-refractivity contribution >= 4 is 23.1 Å². The van der Waals surface area contributed by atoms with Crippen LogP contribution in [0.5, 0.6) is 0 Å². The molecule has 3 aromatic heterocycles. The van der Waals surface area contributed by atoms with Gasteiger partial charge in [0.1, 0.15) is 23.8 Å². The fraction of sp³-hybridized carbons (Fsp3) is 0.190. The second kappa shape index (κ2) is 7.78. The lowest BCUT2D eigenvalue weighted by molar-refractivity contribution is 0.102. The molecule has 0 unspecified atom stereocenters. The zero-order valence-electron chi connectivity index (χ0n) is 17.2. The molecule has 1 aromatic carbocycles. The first-order valence-electron chi connectivity index (χ1n) is 9.43. The molecule has 0 aliphatic carbocycles. The molecular formula is C21H22N8O. The largest absolute Gasteiger partial charge is 0.340 e. The van der Waals surface area contributed by atoms with Crippen molar-refractivity contribution in [3.05, 3.63) is 71.8 Å². The van der Waals surface area contributed by atoms with Crippen molar-refractivity contribution < 1.29 is 4.79 Å². The maximum absolute atomic E-state index is 12.6. The van der Waals surface area contributed by atoms with Crippen molar-refractivity contribution in [2.45, 2.75) is 20.8 Å². The molecule has 0 radical (unpaired) electrons. The van der Waals surface area contributed by atoms with E-state index in [9.17, 15) is 4.79 Å². The summed E-state index contributed by atoms with van der Waals surface area (Å²) in [6, 6.07) is 9.29. The first-order chi connectivity index (χ1) is 14.4. The van der Waals surface area contributed by atoms with Gasteiger partial charge in [-0.1, -0.05) is 0 Å². The molecule has 4 aromatic rings. The molecule has 0 aliphatic rings. The van der Waals surface area contributed by atoms with Crippen molar-refractivity contribution in [1.82, 2.24) is 29.3 Å². The summed E-state index contributed by atoms with van der Waals surface area (Å²) in [5.41, 5.74) is 3.68. The van der Waals surface area contributed by atoms with Gasteiger partial charge >= 0.3 is 0 Å². The normalized spacial score (nSPS) is 10.8. The monoisotopic (exact) mass is 402 g/mol. The fourth-order valence-corrected chi connectivity index (χ4v) is 3.22. The Hall–Kier alpha value is -4.01. The topological polar surface area (TPSA) is 103 Å². The Labute approximate surface area is 173 Å². The average Bonchev–Trinajstić information content (AvgIpc) is 3.31. The van der Waals surface area contributed by atoms with Gasteiger partial charge in [-0.2, -0.15) is 5.10 Å². The highest BCUT2D eigenvalue weighted by atomic mass is 16.1. The molecule has 9 nitrogen and oxygen atoms in total. The average molecular weight is 402 g/mol. The van der Waals surface area contributed by atoms with E-state index in [0.717, 1.165) is 17.2 Å². The number of hydrogen-bond acceptors (Lipinski definition) is 6. The summed E-state index contributed by atoms with van der Waals surface area (Å²) < 4.78 is 3.53. The Morgan fingerprint density at radius 3 is 2.40 bits per heavy atom. The Bertz CT molecular complexity index is 1190. The molecule has 0 fully saturated rings. The van der Waals surface area contributed by atoms with Gasteiger partial charge in [-0.25, -0.2) is 15.0 Å². The van der Waals surface area contributed by atoms with E-state index in [1.807, 2.05) is 68.9 Å². The number of carbonyl (C=O) groups excluding carboxylic acids is 1. The number of imidazole rings is 1. The molecule has 0 saturated carbocycles. The summed E-state index contributed by atoms with van der Waals surface area (Å²) in [5, 5.41) is 10.5. The second-order valence-corrected chi connectivity index (χ2v) is 6.95. The maximum atomic E-state index is 12.6. The van der Waals surface area contributed by atoms with Crippen molar-refractivity contribution in [2.75, 3.05) is 10.6 Å². The number of aryl methyl sites for hydroxylation is 3. The lowest BCUT2D eigenvalue weighted by atomic mass is 10.1. The van der Waals surface area contributed by atoms with E-state index in [2.05, 4.69) is 30.7 Å². The highest BCUT2D eigenvalue weighted by Gasteiger charge is 2.17. The van der Waals surface area contributed by atoms with Crippen molar-refractivity contribution in [3.8, 4) is 5.82 Å². The number of aromatic nitrogens is 6. The Morgan fingerprint density at radius 2 is 1.77 bits per heavy atom. The first-order valence-corrected chi connectivity index (χ1v) is 9.43. The molecule has 4 rings (SSSR count). The number of rotatable bonds is 5.